The molecule has 0 spiro atoms. The fourth-order valence-corrected chi connectivity index (χ4v) is 1.24. The molecule has 0 fully saturated rings. The van der Waals surface area contributed by atoms with E-state index in [0.717, 1.165) is 0 Å². The van der Waals surface area contributed by atoms with Crippen molar-refractivity contribution >= 4 is 5.97 Å². The quantitative estimate of drug-likeness (QED) is 0.594. The van der Waals surface area contributed by atoms with Crippen LogP contribution in [0.4, 0.5) is 0 Å². The molecule has 0 rings (SSSR count). The third kappa shape index (κ3) is 4.07. The van der Waals surface area contributed by atoms with E-state index < -0.39 is 12.0 Å². The lowest BCUT2D eigenvalue weighted by Crippen LogP contribution is -2.49. The van der Waals surface area contributed by atoms with Crippen LogP contribution in [0, 0.1) is 11.8 Å². The van der Waals surface area contributed by atoms with Crippen molar-refractivity contribution in [1.82, 2.24) is 5.32 Å². The molecule has 0 amide bonds. The van der Waals surface area contributed by atoms with Gasteiger partial charge in [0.1, 0.15) is 6.04 Å². The second-order valence-electron chi connectivity index (χ2n) is 4.26. The van der Waals surface area contributed by atoms with E-state index in [1.165, 1.54) is 0 Å². The van der Waals surface area contributed by atoms with Gasteiger partial charge in [0.2, 0.25) is 0 Å². The number of rotatable bonds is 6. The van der Waals surface area contributed by atoms with Gasteiger partial charge >= 0.3 is 5.97 Å². The maximum Gasteiger partial charge on any atom is 0.320 e. The Hall–Kier alpha value is -0.610. The van der Waals surface area contributed by atoms with Crippen molar-refractivity contribution in [2.75, 3.05) is 6.61 Å². The van der Waals surface area contributed by atoms with Gasteiger partial charge < -0.3 is 10.2 Å². The van der Waals surface area contributed by atoms with Crippen LogP contribution in [0.5, 0.6) is 0 Å². The van der Waals surface area contributed by atoms with Crippen molar-refractivity contribution in [1.29, 1.82) is 0 Å². The minimum absolute atomic E-state index is 0.0142. The first kappa shape index (κ1) is 13.4. The summed E-state index contributed by atoms with van der Waals surface area (Å²) in [6.45, 7) is 7.56. The van der Waals surface area contributed by atoms with E-state index >= 15 is 0 Å². The van der Waals surface area contributed by atoms with Gasteiger partial charge in [-0.05, 0) is 11.8 Å². The Morgan fingerprint density at radius 2 is 1.71 bits per heavy atom. The largest absolute Gasteiger partial charge is 0.480 e. The van der Waals surface area contributed by atoms with Gasteiger partial charge in [0.05, 0.1) is 6.61 Å². The highest BCUT2D eigenvalue weighted by molar-refractivity contribution is 5.73. The fourth-order valence-electron chi connectivity index (χ4n) is 1.24. The highest BCUT2D eigenvalue weighted by Gasteiger charge is 2.25. The van der Waals surface area contributed by atoms with Crippen molar-refractivity contribution in [3.8, 4) is 0 Å². The van der Waals surface area contributed by atoms with Gasteiger partial charge in [0.25, 0.3) is 0 Å². The molecule has 2 atom stereocenters. The van der Waals surface area contributed by atoms with E-state index in [1.807, 2.05) is 27.7 Å². The number of carboxylic acids is 1. The monoisotopic (exact) mass is 203 g/mol. The van der Waals surface area contributed by atoms with Crippen LogP contribution in [0.15, 0.2) is 0 Å². The first-order chi connectivity index (χ1) is 6.40. The van der Waals surface area contributed by atoms with Crippen LogP contribution >= 0.6 is 0 Å². The molecule has 14 heavy (non-hydrogen) atoms. The maximum atomic E-state index is 10.9. The molecule has 0 bridgehead atoms. The van der Waals surface area contributed by atoms with Gasteiger partial charge in [0, 0.05) is 6.04 Å². The molecule has 0 aromatic rings. The van der Waals surface area contributed by atoms with Gasteiger partial charge in [-0.25, -0.2) is 0 Å². The Balaban J connectivity index is 4.34. The predicted octanol–water partition coefficient (Wildman–Crippen LogP) is 0.702. The number of hydrogen-bond acceptors (Lipinski definition) is 3. The Morgan fingerprint density at radius 3 is 1.93 bits per heavy atom. The van der Waals surface area contributed by atoms with Crippen LogP contribution in [0.2, 0.25) is 0 Å². The number of aliphatic hydroxyl groups excluding tert-OH is 1. The third-order valence-corrected chi connectivity index (χ3v) is 2.33. The molecule has 0 aromatic heterocycles. The van der Waals surface area contributed by atoms with E-state index in [1.54, 1.807) is 0 Å². The summed E-state index contributed by atoms with van der Waals surface area (Å²) in [4.78, 5) is 10.9. The number of carbonyl (C=O) groups is 1. The van der Waals surface area contributed by atoms with E-state index in [-0.39, 0.29) is 24.5 Å². The van der Waals surface area contributed by atoms with Gasteiger partial charge in [-0.2, -0.15) is 0 Å². The Kier molecular flexibility index (Phi) is 5.72. The van der Waals surface area contributed by atoms with Gasteiger partial charge in [-0.3, -0.25) is 10.1 Å². The molecular formula is C10H21NO3. The lowest BCUT2D eigenvalue weighted by atomic mass is 9.99. The SMILES string of the molecule is CC(C)C(CO)NC(C(=O)O)C(C)C. The van der Waals surface area contributed by atoms with E-state index in [9.17, 15) is 4.79 Å². The molecule has 0 aliphatic rings. The Morgan fingerprint density at radius 1 is 1.21 bits per heavy atom. The summed E-state index contributed by atoms with van der Waals surface area (Å²) >= 11 is 0. The summed E-state index contributed by atoms with van der Waals surface area (Å²) in [6.07, 6.45) is 0. The molecule has 0 saturated carbocycles. The standard InChI is InChI=1S/C10H21NO3/c1-6(2)8(5-12)11-9(7(3)4)10(13)14/h6-9,11-12H,5H2,1-4H3,(H,13,14). The van der Waals surface area contributed by atoms with Gasteiger partial charge in [-0.1, -0.05) is 27.7 Å². The van der Waals surface area contributed by atoms with Crippen LogP contribution in [0.1, 0.15) is 27.7 Å². The lowest BCUT2D eigenvalue weighted by molar-refractivity contribution is -0.141. The molecule has 0 heterocycles. The topological polar surface area (TPSA) is 69.6 Å². The predicted molar refractivity (Wildman–Crippen MR) is 55.1 cm³/mol. The third-order valence-electron chi connectivity index (χ3n) is 2.33. The average molecular weight is 203 g/mol. The smallest absolute Gasteiger partial charge is 0.320 e. The van der Waals surface area contributed by atoms with Crippen molar-refractivity contribution in [3.05, 3.63) is 0 Å². The van der Waals surface area contributed by atoms with Crippen LogP contribution in [-0.2, 0) is 4.79 Å². The van der Waals surface area contributed by atoms with Crippen molar-refractivity contribution in [3.63, 3.8) is 0 Å². The number of nitrogens with one attached hydrogen (secondary N) is 1. The normalized spacial score (nSPS) is 15.9. The van der Waals surface area contributed by atoms with Crippen molar-refractivity contribution in [2.45, 2.75) is 39.8 Å². The molecule has 0 radical (unpaired) electrons. The van der Waals surface area contributed by atoms with Crippen LogP contribution in [0.3, 0.4) is 0 Å². The van der Waals surface area contributed by atoms with E-state index in [2.05, 4.69) is 5.32 Å². The summed E-state index contributed by atoms with van der Waals surface area (Å²) in [5, 5.41) is 20.9. The molecular weight excluding hydrogens is 182 g/mol. The Bertz CT molecular complexity index is 180. The number of aliphatic hydroxyl groups is 1. The zero-order valence-electron chi connectivity index (χ0n) is 9.32. The second-order valence-corrected chi connectivity index (χ2v) is 4.26. The minimum Gasteiger partial charge on any atom is -0.480 e. The van der Waals surface area contributed by atoms with Gasteiger partial charge in [-0.15, -0.1) is 0 Å². The van der Waals surface area contributed by atoms with Crippen molar-refractivity contribution < 1.29 is 15.0 Å². The number of carboxylic acid groups (broad SMARTS) is 1. The van der Waals surface area contributed by atoms with Crippen LogP contribution in [-0.4, -0.2) is 34.9 Å². The fraction of sp³-hybridized carbons (Fsp3) is 0.900. The number of hydrogen-bond donors (Lipinski definition) is 3. The highest BCUT2D eigenvalue weighted by Crippen LogP contribution is 2.07. The molecule has 4 heteroatoms. The summed E-state index contributed by atoms with van der Waals surface area (Å²) in [5.41, 5.74) is 0. The zero-order valence-corrected chi connectivity index (χ0v) is 9.32. The molecule has 0 aromatic carbocycles. The molecule has 84 valence electrons. The molecule has 0 aliphatic heterocycles. The molecule has 4 nitrogen and oxygen atoms in total. The zero-order chi connectivity index (χ0) is 11.3. The average Bonchev–Trinajstić information content (AvgIpc) is 2.03. The summed E-state index contributed by atoms with van der Waals surface area (Å²) in [5.74, 6) is -0.625. The second kappa shape index (κ2) is 5.98. The molecule has 2 unspecified atom stereocenters. The first-order valence-electron chi connectivity index (χ1n) is 4.99. The van der Waals surface area contributed by atoms with Crippen LogP contribution < -0.4 is 5.32 Å². The number of aliphatic carboxylic acids is 1. The molecule has 0 saturated heterocycles. The molecule has 0 aliphatic carbocycles. The molecule has 3 N–H and O–H groups in total. The lowest BCUT2D eigenvalue weighted by Gasteiger charge is -2.26. The summed E-state index contributed by atoms with van der Waals surface area (Å²) in [6, 6.07) is -0.743. The van der Waals surface area contributed by atoms with E-state index in [4.69, 9.17) is 10.2 Å². The Labute approximate surface area is 85.3 Å². The maximum absolute atomic E-state index is 10.9. The van der Waals surface area contributed by atoms with E-state index in [0.29, 0.717) is 0 Å². The summed E-state index contributed by atoms with van der Waals surface area (Å²) < 4.78 is 0. The van der Waals surface area contributed by atoms with Gasteiger partial charge in [0.15, 0.2) is 0 Å². The first-order valence-corrected chi connectivity index (χ1v) is 4.99. The summed E-state index contributed by atoms with van der Waals surface area (Å²) in [7, 11) is 0. The van der Waals surface area contributed by atoms with Crippen molar-refractivity contribution in [2.24, 2.45) is 11.8 Å². The van der Waals surface area contributed by atoms with Crippen LogP contribution in [0.25, 0.3) is 0 Å². The highest BCUT2D eigenvalue weighted by atomic mass is 16.4. The minimum atomic E-state index is -0.862.